The Morgan fingerprint density at radius 2 is 1.53 bits per heavy atom. The fourth-order valence-electron chi connectivity index (χ4n) is 3.78. The molecule has 2 nitrogen and oxygen atoms in total. The number of nitrogens with zero attached hydrogens (tertiary/aromatic N) is 1. The number of rotatable bonds is 1. The summed E-state index contributed by atoms with van der Waals surface area (Å²) in [6, 6.07) is 0.601. The Hall–Kier alpha value is -0.220. The molecule has 2 saturated heterocycles. The standard InChI is InChI=1S/C13H22F2N2/c14-13(15)3-7-17(8-4-13)11-9-12(10-11)1-5-16-6-2-12/h11,16H,1-10H2. The van der Waals surface area contributed by atoms with E-state index in [2.05, 4.69) is 10.2 Å². The van der Waals surface area contributed by atoms with Gasteiger partial charge in [0.2, 0.25) is 0 Å². The monoisotopic (exact) mass is 244 g/mol. The van der Waals surface area contributed by atoms with Crippen LogP contribution in [0.15, 0.2) is 0 Å². The molecular formula is C13H22F2N2. The third-order valence-corrected chi connectivity index (χ3v) is 5.05. The molecule has 1 spiro atoms. The molecule has 2 aliphatic heterocycles. The summed E-state index contributed by atoms with van der Waals surface area (Å²) in [4.78, 5) is 2.31. The molecule has 2 heterocycles. The highest BCUT2D eigenvalue weighted by Crippen LogP contribution is 2.50. The van der Waals surface area contributed by atoms with E-state index in [0.29, 0.717) is 24.5 Å². The zero-order chi connectivity index (χ0) is 11.9. The Morgan fingerprint density at radius 1 is 0.941 bits per heavy atom. The first-order valence-electron chi connectivity index (χ1n) is 6.91. The summed E-state index contributed by atoms with van der Waals surface area (Å²) in [5, 5.41) is 3.40. The second-order valence-electron chi connectivity index (χ2n) is 6.20. The highest BCUT2D eigenvalue weighted by atomic mass is 19.3. The number of piperidine rings is 2. The molecule has 3 fully saturated rings. The lowest BCUT2D eigenvalue weighted by atomic mass is 9.60. The van der Waals surface area contributed by atoms with Crippen molar-refractivity contribution in [3.05, 3.63) is 0 Å². The van der Waals surface area contributed by atoms with Crippen LogP contribution in [0, 0.1) is 5.41 Å². The van der Waals surface area contributed by atoms with Gasteiger partial charge in [-0.1, -0.05) is 0 Å². The Labute approximate surface area is 102 Å². The van der Waals surface area contributed by atoms with Crippen LogP contribution in [-0.4, -0.2) is 43.0 Å². The van der Waals surface area contributed by atoms with Gasteiger partial charge in [0.15, 0.2) is 0 Å². The molecule has 0 radical (unpaired) electrons. The molecule has 3 aliphatic rings. The highest BCUT2D eigenvalue weighted by molar-refractivity contribution is 5.01. The summed E-state index contributed by atoms with van der Waals surface area (Å²) >= 11 is 0. The van der Waals surface area contributed by atoms with Gasteiger partial charge in [-0.2, -0.15) is 0 Å². The lowest BCUT2D eigenvalue weighted by Gasteiger charge is -2.55. The van der Waals surface area contributed by atoms with Crippen molar-refractivity contribution in [1.82, 2.24) is 10.2 Å². The average Bonchev–Trinajstić information content (AvgIpc) is 2.27. The summed E-state index contributed by atoms with van der Waals surface area (Å²) < 4.78 is 26.2. The number of hydrogen-bond donors (Lipinski definition) is 1. The minimum absolute atomic E-state index is 0.0675. The van der Waals surface area contributed by atoms with Gasteiger partial charge in [0, 0.05) is 32.0 Å². The number of hydrogen-bond acceptors (Lipinski definition) is 2. The fraction of sp³-hybridized carbons (Fsp3) is 1.00. The van der Waals surface area contributed by atoms with Crippen molar-refractivity contribution < 1.29 is 8.78 Å². The molecule has 0 bridgehead atoms. The summed E-state index contributed by atoms with van der Waals surface area (Å²) in [7, 11) is 0. The maximum Gasteiger partial charge on any atom is 0.250 e. The first-order valence-corrected chi connectivity index (χ1v) is 6.91. The Bertz CT molecular complexity index is 269. The van der Waals surface area contributed by atoms with Crippen LogP contribution in [0.4, 0.5) is 8.78 Å². The van der Waals surface area contributed by atoms with Crippen molar-refractivity contribution in [2.45, 2.75) is 50.5 Å². The summed E-state index contributed by atoms with van der Waals surface area (Å²) in [6.45, 7) is 3.49. The molecule has 0 atom stereocenters. The molecule has 1 N–H and O–H groups in total. The van der Waals surface area contributed by atoms with Crippen molar-refractivity contribution in [1.29, 1.82) is 0 Å². The second-order valence-corrected chi connectivity index (χ2v) is 6.20. The maximum atomic E-state index is 13.1. The van der Waals surface area contributed by atoms with Crippen molar-refractivity contribution >= 4 is 0 Å². The average molecular weight is 244 g/mol. The summed E-state index contributed by atoms with van der Waals surface area (Å²) in [5.74, 6) is -2.40. The third kappa shape index (κ3) is 2.34. The minimum atomic E-state index is -2.40. The summed E-state index contributed by atoms with van der Waals surface area (Å²) in [6.07, 6.45) is 5.21. The van der Waals surface area contributed by atoms with Crippen LogP contribution in [0.5, 0.6) is 0 Å². The molecule has 0 aromatic carbocycles. The van der Waals surface area contributed by atoms with Gasteiger partial charge in [0.05, 0.1) is 0 Å². The van der Waals surface area contributed by atoms with Gasteiger partial charge in [-0.15, -0.1) is 0 Å². The first kappa shape index (κ1) is 11.8. The zero-order valence-corrected chi connectivity index (χ0v) is 10.4. The maximum absolute atomic E-state index is 13.1. The van der Waals surface area contributed by atoms with E-state index >= 15 is 0 Å². The smallest absolute Gasteiger partial charge is 0.250 e. The highest BCUT2D eigenvalue weighted by Gasteiger charge is 2.48. The molecule has 0 amide bonds. The van der Waals surface area contributed by atoms with Crippen LogP contribution in [0.1, 0.15) is 38.5 Å². The van der Waals surface area contributed by atoms with E-state index < -0.39 is 5.92 Å². The minimum Gasteiger partial charge on any atom is -0.317 e. The van der Waals surface area contributed by atoms with E-state index in [1.54, 1.807) is 0 Å². The lowest BCUT2D eigenvalue weighted by molar-refractivity contribution is -0.0926. The van der Waals surface area contributed by atoms with E-state index in [1.807, 2.05) is 0 Å². The van der Waals surface area contributed by atoms with Gasteiger partial charge in [-0.3, -0.25) is 4.90 Å². The van der Waals surface area contributed by atoms with Crippen molar-refractivity contribution in [2.75, 3.05) is 26.2 Å². The van der Waals surface area contributed by atoms with E-state index in [4.69, 9.17) is 0 Å². The van der Waals surface area contributed by atoms with E-state index in [9.17, 15) is 8.78 Å². The lowest BCUT2D eigenvalue weighted by Crippen LogP contribution is -2.56. The largest absolute Gasteiger partial charge is 0.317 e. The van der Waals surface area contributed by atoms with Crippen LogP contribution in [-0.2, 0) is 0 Å². The van der Waals surface area contributed by atoms with Crippen LogP contribution >= 0.6 is 0 Å². The molecule has 3 rings (SSSR count). The number of likely N-dealkylation sites (tertiary alicyclic amines) is 1. The topological polar surface area (TPSA) is 15.3 Å². The van der Waals surface area contributed by atoms with E-state index in [1.165, 1.54) is 25.7 Å². The van der Waals surface area contributed by atoms with Gasteiger partial charge < -0.3 is 5.32 Å². The molecule has 1 aliphatic carbocycles. The molecule has 1 saturated carbocycles. The molecule has 0 unspecified atom stereocenters. The SMILES string of the molecule is FC1(F)CCN(C2CC3(CCNCC3)C2)CC1. The Balaban J connectivity index is 1.49. The number of alkyl halides is 2. The van der Waals surface area contributed by atoms with Gasteiger partial charge in [0.1, 0.15) is 0 Å². The second kappa shape index (κ2) is 4.16. The Kier molecular flexibility index (Phi) is 2.90. The van der Waals surface area contributed by atoms with E-state index in [0.717, 1.165) is 13.1 Å². The van der Waals surface area contributed by atoms with Crippen LogP contribution in [0.2, 0.25) is 0 Å². The summed E-state index contributed by atoms with van der Waals surface area (Å²) in [5.41, 5.74) is 0.565. The van der Waals surface area contributed by atoms with Crippen molar-refractivity contribution in [3.8, 4) is 0 Å². The molecule has 0 aromatic rings. The van der Waals surface area contributed by atoms with Crippen LogP contribution in [0.3, 0.4) is 0 Å². The molecule has 17 heavy (non-hydrogen) atoms. The molecule has 98 valence electrons. The normalized spacial score (nSPS) is 33.5. The van der Waals surface area contributed by atoms with Gasteiger partial charge in [-0.25, -0.2) is 8.78 Å². The number of nitrogens with one attached hydrogen (secondary N) is 1. The fourth-order valence-corrected chi connectivity index (χ4v) is 3.78. The van der Waals surface area contributed by atoms with Crippen molar-refractivity contribution in [2.24, 2.45) is 5.41 Å². The quantitative estimate of drug-likeness (QED) is 0.761. The van der Waals surface area contributed by atoms with Gasteiger partial charge in [0.25, 0.3) is 5.92 Å². The first-order chi connectivity index (χ1) is 8.09. The van der Waals surface area contributed by atoms with Crippen molar-refractivity contribution in [3.63, 3.8) is 0 Å². The predicted octanol–water partition coefficient (Wildman–Crippen LogP) is 2.25. The Morgan fingerprint density at radius 3 is 2.12 bits per heavy atom. The van der Waals surface area contributed by atoms with Gasteiger partial charge >= 0.3 is 0 Å². The zero-order valence-electron chi connectivity index (χ0n) is 10.4. The third-order valence-electron chi connectivity index (χ3n) is 5.05. The van der Waals surface area contributed by atoms with E-state index in [-0.39, 0.29) is 12.8 Å². The van der Waals surface area contributed by atoms with Gasteiger partial charge in [-0.05, 0) is 44.2 Å². The van der Waals surface area contributed by atoms with Crippen LogP contribution in [0.25, 0.3) is 0 Å². The predicted molar refractivity (Wildman–Crippen MR) is 63.3 cm³/mol. The number of halogens is 2. The molecule has 0 aromatic heterocycles. The molecule has 4 heteroatoms. The van der Waals surface area contributed by atoms with Crippen LogP contribution < -0.4 is 5.32 Å². The molecular weight excluding hydrogens is 222 g/mol.